The van der Waals surface area contributed by atoms with Crippen molar-refractivity contribution in [1.82, 2.24) is 0 Å². The first kappa shape index (κ1) is 29.7. The second kappa shape index (κ2) is 32.6. The van der Waals surface area contributed by atoms with Gasteiger partial charge in [0.1, 0.15) is 0 Å². The predicted molar refractivity (Wildman–Crippen MR) is 91.1 cm³/mol. The summed E-state index contributed by atoms with van der Waals surface area (Å²) in [5, 5.41) is 0. The predicted octanol–water partition coefficient (Wildman–Crippen LogP) is 6.21. The van der Waals surface area contributed by atoms with Crippen molar-refractivity contribution in [3.05, 3.63) is 86.6 Å². The molecule has 0 spiro atoms. The molecule has 0 amide bonds. The first-order valence-electron chi connectivity index (χ1n) is 7.24. The molecule has 22 heavy (non-hydrogen) atoms. The average molecular weight is 399 g/mol. The van der Waals surface area contributed by atoms with Crippen LogP contribution in [0.1, 0.15) is 39.5 Å². The standard InChI is InChI=1S/2C6H5.2C4H9.2Zn/c2*1-2-4-6-5-3-1;2*1-3-4-2;;/h2*1-5H;2*1,3-4H2,2H3;;/q4*-1;2*+2. The summed E-state index contributed by atoms with van der Waals surface area (Å²) < 4.78 is 0. The first-order chi connectivity index (χ1) is 9.83. The van der Waals surface area contributed by atoms with Crippen molar-refractivity contribution < 1.29 is 39.0 Å². The Hall–Kier alpha value is -0.313. The molecule has 112 valence electrons. The fourth-order valence-electron chi connectivity index (χ4n) is 0.684. The summed E-state index contributed by atoms with van der Waals surface area (Å²) in [6.07, 6.45) is 4.56. The van der Waals surface area contributed by atoms with Gasteiger partial charge in [-0.15, -0.1) is 0 Å². The SMILES string of the molecule is [CH2-]CCC.[CH2-]CCC.[Zn+2].[Zn+2].[c-]1ccccc1.[c-]1ccccc1. The van der Waals surface area contributed by atoms with Gasteiger partial charge >= 0.3 is 39.0 Å². The molecule has 0 aliphatic heterocycles. The van der Waals surface area contributed by atoms with E-state index in [9.17, 15) is 0 Å². The van der Waals surface area contributed by atoms with Crippen LogP contribution in [0.25, 0.3) is 0 Å². The van der Waals surface area contributed by atoms with Crippen molar-refractivity contribution in [3.8, 4) is 0 Å². The topological polar surface area (TPSA) is 0 Å². The van der Waals surface area contributed by atoms with Gasteiger partial charge in [0, 0.05) is 0 Å². The van der Waals surface area contributed by atoms with Crippen LogP contribution < -0.4 is 0 Å². The van der Waals surface area contributed by atoms with E-state index in [1.54, 1.807) is 0 Å². The second-order valence-electron chi connectivity index (χ2n) is 3.86. The molecule has 0 N–H and O–H groups in total. The van der Waals surface area contributed by atoms with Crippen LogP contribution in [0.15, 0.2) is 60.7 Å². The molecule has 0 atom stereocenters. The number of benzene rings is 2. The second-order valence-corrected chi connectivity index (χ2v) is 3.86. The third kappa shape index (κ3) is 36.7. The van der Waals surface area contributed by atoms with Gasteiger partial charge in [0.25, 0.3) is 0 Å². The van der Waals surface area contributed by atoms with Gasteiger partial charge < -0.3 is 13.8 Å². The van der Waals surface area contributed by atoms with E-state index in [0.29, 0.717) is 0 Å². The quantitative estimate of drug-likeness (QED) is 0.416. The van der Waals surface area contributed by atoms with E-state index in [0.717, 1.165) is 12.8 Å². The molecule has 0 saturated heterocycles. The van der Waals surface area contributed by atoms with Crippen LogP contribution in [-0.2, 0) is 39.0 Å². The Labute approximate surface area is 164 Å². The maximum absolute atomic E-state index is 3.60. The smallest absolute Gasteiger partial charge is 0.343 e. The first-order valence-corrected chi connectivity index (χ1v) is 7.24. The molecule has 2 aromatic rings. The van der Waals surface area contributed by atoms with Crippen LogP contribution in [0.5, 0.6) is 0 Å². The van der Waals surface area contributed by atoms with Crippen molar-refractivity contribution in [3.63, 3.8) is 0 Å². The zero-order valence-corrected chi connectivity index (χ0v) is 20.4. The molecule has 0 radical (unpaired) electrons. The minimum absolute atomic E-state index is 0. The third-order valence-electron chi connectivity index (χ3n) is 1.92. The molecular formula is C20H28Zn2. The largest absolute Gasteiger partial charge is 2.00 e. The van der Waals surface area contributed by atoms with Crippen molar-refractivity contribution in [1.29, 1.82) is 0 Å². The number of unbranched alkanes of at least 4 members (excludes halogenated alkanes) is 2. The molecule has 0 bridgehead atoms. The zero-order valence-electron chi connectivity index (χ0n) is 14.4. The molecule has 0 aliphatic rings. The number of hydrogen-bond acceptors (Lipinski definition) is 0. The summed E-state index contributed by atoms with van der Waals surface area (Å²) in [6.45, 7) is 11.4. The van der Waals surface area contributed by atoms with E-state index in [2.05, 4.69) is 39.8 Å². The Morgan fingerprint density at radius 1 is 0.591 bits per heavy atom. The monoisotopic (exact) mass is 396 g/mol. The van der Waals surface area contributed by atoms with E-state index in [4.69, 9.17) is 0 Å². The van der Waals surface area contributed by atoms with Gasteiger partial charge in [0.15, 0.2) is 0 Å². The van der Waals surface area contributed by atoms with E-state index in [-0.39, 0.29) is 39.0 Å². The van der Waals surface area contributed by atoms with Gasteiger partial charge in [0.2, 0.25) is 0 Å². The molecule has 0 aliphatic carbocycles. The summed E-state index contributed by atoms with van der Waals surface area (Å²) in [5.74, 6) is 0. The van der Waals surface area contributed by atoms with E-state index >= 15 is 0 Å². The maximum atomic E-state index is 3.60. The number of rotatable bonds is 2. The molecule has 0 nitrogen and oxygen atoms in total. The molecule has 0 saturated carbocycles. The fourth-order valence-corrected chi connectivity index (χ4v) is 0.684. The van der Waals surface area contributed by atoms with Crippen molar-refractivity contribution in [2.24, 2.45) is 0 Å². The zero-order chi connectivity index (χ0) is 15.3. The van der Waals surface area contributed by atoms with Crippen LogP contribution >= 0.6 is 0 Å². The van der Waals surface area contributed by atoms with Gasteiger partial charge in [-0.1, -0.05) is 26.7 Å². The Morgan fingerprint density at radius 3 is 0.864 bits per heavy atom. The van der Waals surface area contributed by atoms with Gasteiger partial charge in [-0.2, -0.15) is 85.6 Å². The number of hydrogen-bond donors (Lipinski definition) is 0. The third-order valence-corrected chi connectivity index (χ3v) is 1.92. The van der Waals surface area contributed by atoms with Crippen LogP contribution in [0.4, 0.5) is 0 Å². The maximum Gasteiger partial charge on any atom is 2.00 e. The van der Waals surface area contributed by atoms with Gasteiger partial charge in [0.05, 0.1) is 0 Å². The molecule has 2 aromatic carbocycles. The minimum atomic E-state index is 0. The summed E-state index contributed by atoms with van der Waals surface area (Å²) >= 11 is 0. The molecule has 2 heteroatoms. The van der Waals surface area contributed by atoms with Gasteiger partial charge in [-0.3, -0.25) is 0 Å². The van der Waals surface area contributed by atoms with Crippen LogP contribution in [-0.4, -0.2) is 0 Å². The van der Waals surface area contributed by atoms with E-state index in [1.165, 1.54) is 12.8 Å². The van der Waals surface area contributed by atoms with Crippen molar-refractivity contribution >= 4 is 0 Å². The minimum Gasteiger partial charge on any atom is -0.343 e. The van der Waals surface area contributed by atoms with Gasteiger partial charge in [-0.25, -0.2) is 0 Å². The van der Waals surface area contributed by atoms with Crippen LogP contribution in [0.3, 0.4) is 0 Å². The van der Waals surface area contributed by atoms with Gasteiger partial charge in [-0.05, 0) is 0 Å². The molecule has 0 aromatic heterocycles. The van der Waals surface area contributed by atoms with Crippen LogP contribution in [0, 0.1) is 26.0 Å². The Morgan fingerprint density at radius 2 is 0.818 bits per heavy atom. The normalized spacial score (nSPS) is 7.09. The molecule has 0 fully saturated rings. The summed E-state index contributed by atoms with van der Waals surface area (Å²) in [7, 11) is 0. The molecule has 0 unspecified atom stereocenters. The molecule has 2 rings (SSSR count). The van der Waals surface area contributed by atoms with Crippen molar-refractivity contribution in [2.75, 3.05) is 0 Å². The Bertz CT molecular complexity index is 229. The summed E-state index contributed by atoms with van der Waals surface area (Å²) in [4.78, 5) is 0. The van der Waals surface area contributed by atoms with Crippen molar-refractivity contribution in [2.45, 2.75) is 39.5 Å². The van der Waals surface area contributed by atoms with E-state index in [1.807, 2.05) is 60.7 Å². The average Bonchev–Trinajstić information content (AvgIpc) is 2.59. The Kier molecular flexibility index (Phi) is 43.9. The molecular weight excluding hydrogens is 371 g/mol. The molecule has 0 heterocycles. The van der Waals surface area contributed by atoms with E-state index < -0.39 is 0 Å². The van der Waals surface area contributed by atoms with Crippen LogP contribution in [0.2, 0.25) is 0 Å². The summed E-state index contributed by atoms with van der Waals surface area (Å²) in [6, 6.07) is 25.0. The Balaban J connectivity index is -0.0000000975. The summed E-state index contributed by atoms with van der Waals surface area (Å²) in [5.41, 5.74) is 0. The fraction of sp³-hybridized carbons (Fsp3) is 0.300.